The van der Waals surface area contributed by atoms with Crippen LogP contribution in [0.5, 0.6) is 5.88 Å². The fraction of sp³-hybridized carbons (Fsp3) is 0.714. The second-order valence-electron chi connectivity index (χ2n) is 5.48. The van der Waals surface area contributed by atoms with E-state index in [9.17, 15) is 0 Å². The van der Waals surface area contributed by atoms with E-state index in [0.29, 0.717) is 19.1 Å². The molecule has 0 N–H and O–H groups in total. The van der Waals surface area contributed by atoms with Crippen molar-refractivity contribution in [2.75, 3.05) is 38.3 Å². The maximum atomic E-state index is 6.00. The van der Waals surface area contributed by atoms with Crippen LogP contribution in [0.3, 0.4) is 0 Å². The van der Waals surface area contributed by atoms with Crippen LogP contribution >= 0.6 is 0 Å². The lowest BCUT2D eigenvalue weighted by Gasteiger charge is -2.43. The summed E-state index contributed by atoms with van der Waals surface area (Å²) >= 11 is 0. The third-order valence-electron chi connectivity index (χ3n) is 3.05. The first-order chi connectivity index (χ1) is 9.54. The van der Waals surface area contributed by atoms with Crippen molar-refractivity contribution in [2.24, 2.45) is 0 Å². The molecule has 2 rings (SSSR count). The Labute approximate surface area is 120 Å². The molecule has 1 aromatic rings. The van der Waals surface area contributed by atoms with Gasteiger partial charge < -0.3 is 19.1 Å². The van der Waals surface area contributed by atoms with Crippen LogP contribution in [0, 0.1) is 0 Å². The molecule has 2 heterocycles. The van der Waals surface area contributed by atoms with Gasteiger partial charge in [0.15, 0.2) is 5.82 Å². The van der Waals surface area contributed by atoms with Gasteiger partial charge in [-0.25, -0.2) is 0 Å². The van der Waals surface area contributed by atoms with Crippen LogP contribution < -0.4 is 9.64 Å². The molecule has 6 heteroatoms. The molecule has 1 aliphatic heterocycles. The van der Waals surface area contributed by atoms with Crippen LogP contribution in [0.15, 0.2) is 12.4 Å². The van der Waals surface area contributed by atoms with Crippen molar-refractivity contribution >= 4 is 5.82 Å². The number of nitrogens with zero attached hydrogens (tertiary/aromatic N) is 3. The molecule has 0 radical (unpaired) electrons. The predicted octanol–water partition coefficient (Wildman–Crippen LogP) is 1.51. The third kappa shape index (κ3) is 3.80. The number of morpholine rings is 1. The molecule has 1 aliphatic rings. The van der Waals surface area contributed by atoms with Crippen molar-refractivity contribution in [3.63, 3.8) is 0 Å². The second kappa shape index (κ2) is 6.37. The highest BCUT2D eigenvalue weighted by Crippen LogP contribution is 2.25. The molecule has 1 unspecified atom stereocenters. The number of aromatic nitrogens is 2. The van der Waals surface area contributed by atoms with Gasteiger partial charge in [0, 0.05) is 20.2 Å². The standard InChI is InChI=1S/C14H23N3O3/c1-5-19-13-7-15-6-12(16-13)17-8-11(9-18-4)20-14(2,3)10-17/h6-7,11H,5,8-10H2,1-4H3. The molecule has 1 atom stereocenters. The Hall–Kier alpha value is -1.40. The smallest absolute Gasteiger partial charge is 0.234 e. The minimum atomic E-state index is -0.245. The minimum Gasteiger partial charge on any atom is -0.477 e. The van der Waals surface area contributed by atoms with Gasteiger partial charge in [-0.15, -0.1) is 0 Å². The van der Waals surface area contributed by atoms with E-state index in [1.54, 1.807) is 19.5 Å². The Bertz CT molecular complexity index is 439. The van der Waals surface area contributed by atoms with E-state index in [1.165, 1.54) is 0 Å². The van der Waals surface area contributed by atoms with Crippen molar-refractivity contribution in [1.82, 2.24) is 9.97 Å². The summed E-state index contributed by atoms with van der Waals surface area (Å²) in [5, 5.41) is 0. The first-order valence-electron chi connectivity index (χ1n) is 6.90. The molecule has 112 valence electrons. The lowest BCUT2D eigenvalue weighted by Crippen LogP contribution is -2.54. The quantitative estimate of drug-likeness (QED) is 0.815. The first kappa shape index (κ1) is 15.0. The zero-order valence-electron chi connectivity index (χ0n) is 12.6. The van der Waals surface area contributed by atoms with Gasteiger partial charge in [0.05, 0.1) is 37.3 Å². The van der Waals surface area contributed by atoms with E-state index in [2.05, 4.69) is 28.7 Å². The predicted molar refractivity (Wildman–Crippen MR) is 76.2 cm³/mol. The maximum absolute atomic E-state index is 6.00. The van der Waals surface area contributed by atoms with Crippen LogP contribution in [-0.2, 0) is 9.47 Å². The first-order valence-corrected chi connectivity index (χ1v) is 6.90. The molecular weight excluding hydrogens is 258 g/mol. The molecule has 6 nitrogen and oxygen atoms in total. The van der Waals surface area contributed by atoms with Crippen molar-refractivity contribution in [3.8, 4) is 5.88 Å². The van der Waals surface area contributed by atoms with E-state index in [0.717, 1.165) is 18.9 Å². The van der Waals surface area contributed by atoms with E-state index in [1.807, 2.05) is 6.92 Å². The normalized spacial score (nSPS) is 21.8. The zero-order chi connectivity index (χ0) is 14.6. The molecular formula is C14H23N3O3. The Kier molecular flexibility index (Phi) is 4.77. The molecule has 1 fully saturated rings. The Morgan fingerprint density at radius 2 is 2.25 bits per heavy atom. The summed E-state index contributed by atoms with van der Waals surface area (Å²) in [4.78, 5) is 10.9. The summed E-state index contributed by atoms with van der Waals surface area (Å²) in [6.45, 7) is 8.72. The average molecular weight is 281 g/mol. The van der Waals surface area contributed by atoms with Gasteiger partial charge in [-0.3, -0.25) is 4.98 Å². The van der Waals surface area contributed by atoms with Gasteiger partial charge in [0.25, 0.3) is 0 Å². The third-order valence-corrected chi connectivity index (χ3v) is 3.05. The van der Waals surface area contributed by atoms with Crippen molar-refractivity contribution in [1.29, 1.82) is 0 Å². The van der Waals surface area contributed by atoms with Crippen molar-refractivity contribution in [3.05, 3.63) is 12.4 Å². The topological polar surface area (TPSA) is 56.7 Å². The molecule has 1 aromatic heterocycles. The summed E-state index contributed by atoms with van der Waals surface area (Å²) in [5.41, 5.74) is -0.245. The summed E-state index contributed by atoms with van der Waals surface area (Å²) in [6, 6.07) is 0. The number of ether oxygens (including phenoxy) is 3. The maximum Gasteiger partial charge on any atom is 0.234 e. The molecule has 0 aliphatic carbocycles. The Balaban J connectivity index is 2.15. The molecule has 1 saturated heterocycles. The lowest BCUT2D eigenvalue weighted by molar-refractivity contribution is -0.106. The number of hydrogen-bond donors (Lipinski definition) is 0. The van der Waals surface area contributed by atoms with Gasteiger partial charge in [-0.05, 0) is 20.8 Å². The summed E-state index contributed by atoms with van der Waals surface area (Å²) < 4.78 is 16.6. The van der Waals surface area contributed by atoms with Gasteiger partial charge in [0.1, 0.15) is 0 Å². The molecule has 20 heavy (non-hydrogen) atoms. The molecule has 0 bridgehead atoms. The highest BCUT2D eigenvalue weighted by Gasteiger charge is 2.34. The van der Waals surface area contributed by atoms with E-state index < -0.39 is 0 Å². The lowest BCUT2D eigenvalue weighted by atomic mass is 10.1. The molecule has 0 amide bonds. The Morgan fingerprint density at radius 3 is 2.95 bits per heavy atom. The SMILES string of the molecule is CCOc1cncc(N2CC(COC)OC(C)(C)C2)n1. The van der Waals surface area contributed by atoms with E-state index in [4.69, 9.17) is 14.2 Å². The largest absolute Gasteiger partial charge is 0.477 e. The fourth-order valence-corrected chi connectivity index (χ4v) is 2.45. The second-order valence-corrected chi connectivity index (χ2v) is 5.48. The molecule has 0 aromatic carbocycles. The average Bonchev–Trinajstić information content (AvgIpc) is 2.38. The number of rotatable bonds is 5. The molecule has 0 spiro atoms. The van der Waals surface area contributed by atoms with Gasteiger partial charge >= 0.3 is 0 Å². The van der Waals surface area contributed by atoms with Crippen molar-refractivity contribution in [2.45, 2.75) is 32.5 Å². The van der Waals surface area contributed by atoms with Crippen LogP contribution in [0.25, 0.3) is 0 Å². The number of methoxy groups -OCH3 is 1. The van der Waals surface area contributed by atoms with Gasteiger partial charge in [-0.2, -0.15) is 4.98 Å². The Morgan fingerprint density at radius 1 is 1.45 bits per heavy atom. The fourth-order valence-electron chi connectivity index (χ4n) is 2.45. The van der Waals surface area contributed by atoms with E-state index in [-0.39, 0.29) is 11.7 Å². The van der Waals surface area contributed by atoms with Crippen LogP contribution in [0.4, 0.5) is 5.82 Å². The number of anilines is 1. The van der Waals surface area contributed by atoms with Crippen LogP contribution in [0.1, 0.15) is 20.8 Å². The van der Waals surface area contributed by atoms with E-state index >= 15 is 0 Å². The summed E-state index contributed by atoms with van der Waals surface area (Å²) in [6.07, 6.45) is 3.42. The summed E-state index contributed by atoms with van der Waals surface area (Å²) in [7, 11) is 1.69. The monoisotopic (exact) mass is 281 g/mol. The van der Waals surface area contributed by atoms with Gasteiger partial charge in [0.2, 0.25) is 5.88 Å². The van der Waals surface area contributed by atoms with Crippen molar-refractivity contribution < 1.29 is 14.2 Å². The van der Waals surface area contributed by atoms with Crippen LogP contribution in [-0.4, -0.2) is 55.1 Å². The van der Waals surface area contributed by atoms with Gasteiger partial charge in [-0.1, -0.05) is 0 Å². The molecule has 0 saturated carbocycles. The summed E-state index contributed by atoms with van der Waals surface area (Å²) in [5.74, 6) is 1.37. The zero-order valence-corrected chi connectivity index (χ0v) is 12.6. The highest BCUT2D eigenvalue weighted by atomic mass is 16.5. The minimum absolute atomic E-state index is 0.0290. The highest BCUT2D eigenvalue weighted by molar-refractivity contribution is 5.39. The van der Waals surface area contributed by atoms with Crippen LogP contribution in [0.2, 0.25) is 0 Å². The number of hydrogen-bond acceptors (Lipinski definition) is 6.